The minimum absolute atomic E-state index is 0.0634. The minimum Gasteiger partial charge on any atom is -0.369 e. The highest BCUT2D eigenvalue weighted by Crippen LogP contribution is 2.49. The molecule has 1 fully saturated rings. The van der Waals surface area contributed by atoms with Gasteiger partial charge in [0.2, 0.25) is 0 Å². The number of amides is 1. The van der Waals surface area contributed by atoms with Crippen molar-refractivity contribution in [1.82, 2.24) is 10.6 Å². The second-order valence-electron chi connectivity index (χ2n) is 7.23. The van der Waals surface area contributed by atoms with Crippen molar-refractivity contribution in [3.05, 3.63) is 56.2 Å². The molecule has 3 heterocycles. The summed E-state index contributed by atoms with van der Waals surface area (Å²) in [5, 5.41) is 6.36. The van der Waals surface area contributed by atoms with E-state index in [0.717, 1.165) is 30.2 Å². The molecule has 2 N–H and O–H groups in total. The van der Waals surface area contributed by atoms with Crippen LogP contribution in [0.4, 0.5) is 0 Å². The Kier molecular flexibility index (Phi) is 4.82. The Morgan fingerprint density at radius 3 is 2.85 bits per heavy atom. The van der Waals surface area contributed by atoms with Gasteiger partial charge in [-0.1, -0.05) is 23.7 Å². The van der Waals surface area contributed by atoms with E-state index in [1.165, 1.54) is 16.0 Å². The zero-order valence-electron chi connectivity index (χ0n) is 15.0. The Morgan fingerprint density at radius 1 is 1.35 bits per heavy atom. The molecule has 0 aliphatic carbocycles. The molecule has 6 heteroatoms. The lowest BCUT2D eigenvalue weighted by atomic mass is 9.78. The SMILES string of the molecule is CNC(=O)c1ccc(C2CC3(CC(C)N2)OCCc2cc(Cl)sc23)cc1. The number of nitrogens with one attached hydrogen (secondary N) is 2. The highest BCUT2D eigenvalue weighted by Gasteiger charge is 2.46. The van der Waals surface area contributed by atoms with E-state index in [4.69, 9.17) is 16.3 Å². The maximum absolute atomic E-state index is 11.8. The van der Waals surface area contributed by atoms with E-state index in [9.17, 15) is 4.79 Å². The van der Waals surface area contributed by atoms with Crippen LogP contribution in [0.1, 0.15) is 52.2 Å². The summed E-state index contributed by atoms with van der Waals surface area (Å²) in [6.45, 7) is 2.95. The monoisotopic (exact) mass is 390 g/mol. The van der Waals surface area contributed by atoms with Gasteiger partial charge in [0.05, 0.1) is 10.9 Å². The Hall–Kier alpha value is -1.40. The van der Waals surface area contributed by atoms with Crippen LogP contribution in [0, 0.1) is 0 Å². The molecule has 4 rings (SSSR count). The molecule has 0 radical (unpaired) electrons. The van der Waals surface area contributed by atoms with Gasteiger partial charge in [0.15, 0.2) is 0 Å². The molecule has 0 bridgehead atoms. The van der Waals surface area contributed by atoms with Gasteiger partial charge in [-0.2, -0.15) is 0 Å². The lowest BCUT2D eigenvalue weighted by molar-refractivity contribution is -0.0954. The van der Waals surface area contributed by atoms with Crippen LogP contribution in [0.5, 0.6) is 0 Å². The number of benzene rings is 1. The van der Waals surface area contributed by atoms with E-state index >= 15 is 0 Å². The number of rotatable bonds is 2. The van der Waals surface area contributed by atoms with Gasteiger partial charge in [-0.3, -0.25) is 4.79 Å². The van der Waals surface area contributed by atoms with Crippen molar-refractivity contribution in [3.63, 3.8) is 0 Å². The molecule has 1 amide bonds. The number of carbonyl (C=O) groups excluding carboxylic acids is 1. The van der Waals surface area contributed by atoms with Gasteiger partial charge in [-0.25, -0.2) is 0 Å². The van der Waals surface area contributed by atoms with Crippen LogP contribution in [0.2, 0.25) is 4.34 Å². The van der Waals surface area contributed by atoms with E-state index in [0.29, 0.717) is 11.6 Å². The molecule has 2 aromatic rings. The summed E-state index contributed by atoms with van der Waals surface area (Å²) in [7, 11) is 1.65. The van der Waals surface area contributed by atoms with Gasteiger partial charge in [-0.05, 0) is 49.1 Å². The minimum atomic E-state index is -0.264. The topological polar surface area (TPSA) is 50.4 Å². The Morgan fingerprint density at radius 2 is 2.12 bits per heavy atom. The number of piperidine rings is 1. The average molecular weight is 391 g/mol. The lowest BCUT2D eigenvalue weighted by Crippen LogP contribution is -2.49. The first kappa shape index (κ1) is 18.0. The third kappa shape index (κ3) is 3.18. The van der Waals surface area contributed by atoms with Gasteiger partial charge in [-0.15, -0.1) is 11.3 Å². The van der Waals surface area contributed by atoms with E-state index < -0.39 is 0 Å². The largest absolute Gasteiger partial charge is 0.369 e. The molecule has 4 nitrogen and oxygen atoms in total. The number of halogens is 1. The second kappa shape index (κ2) is 6.97. The van der Waals surface area contributed by atoms with E-state index in [1.54, 1.807) is 18.4 Å². The van der Waals surface area contributed by atoms with E-state index in [-0.39, 0.29) is 17.6 Å². The predicted molar refractivity (Wildman–Crippen MR) is 105 cm³/mol. The fraction of sp³-hybridized carbons (Fsp3) is 0.450. The number of hydrogen-bond acceptors (Lipinski definition) is 4. The summed E-state index contributed by atoms with van der Waals surface area (Å²) in [4.78, 5) is 13.1. The highest BCUT2D eigenvalue weighted by molar-refractivity contribution is 7.16. The van der Waals surface area contributed by atoms with Crippen molar-refractivity contribution in [3.8, 4) is 0 Å². The van der Waals surface area contributed by atoms with Gasteiger partial charge < -0.3 is 15.4 Å². The molecule has 2 aliphatic rings. The van der Waals surface area contributed by atoms with Crippen LogP contribution in [-0.4, -0.2) is 25.6 Å². The third-order valence-electron chi connectivity index (χ3n) is 5.40. The molecule has 3 unspecified atom stereocenters. The number of thiophene rings is 1. The zero-order chi connectivity index (χ0) is 18.3. The summed E-state index contributed by atoms with van der Waals surface area (Å²) < 4.78 is 7.24. The molecule has 0 saturated carbocycles. The van der Waals surface area contributed by atoms with Gasteiger partial charge >= 0.3 is 0 Å². The van der Waals surface area contributed by atoms with Crippen LogP contribution in [0.25, 0.3) is 0 Å². The van der Waals surface area contributed by atoms with E-state index in [1.807, 2.05) is 24.3 Å². The summed E-state index contributed by atoms with van der Waals surface area (Å²) in [5.74, 6) is -0.0634. The normalized spacial score (nSPS) is 28.0. The molecule has 1 aromatic carbocycles. The number of carbonyl (C=O) groups is 1. The summed E-state index contributed by atoms with van der Waals surface area (Å²) in [6.07, 6.45) is 2.76. The fourth-order valence-corrected chi connectivity index (χ4v) is 5.75. The van der Waals surface area contributed by atoms with Crippen molar-refractivity contribution >= 4 is 28.8 Å². The smallest absolute Gasteiger partial charge is 0.251 e. The predicted octanol–water partition coefficient (Wildman–Crippen LogP) is 4.04. The highest BCUT2D eigenvalue weighted by atomic mass is 35.5. The third-order valence-corrected chi connectivity index (χ3v) is 6.89. The maximum Gasteiger partial charge on any atom is 0.251 e. The first-order chi connectivity index (χ1) is 12.5. The molecule has 1 spiro atoms. The number of hydrogen-bond donors (Lipinski definition) is 2. The summed E-state index contributed by atoms with van der Waals surface area (Å²) in [5.41, 5.74) is 2.94. The maximum atomic E-state index is 11.8. The average Bonchev–Trinajstić information content (AvgIpc) is 3.03. The molecular weight excluding hydrogens is 368 g/mol. The van der Waals surface area contributed by atoms with Crippen molar-refractivity contribution in [2.75, 3.05) is 13.7 Å². The molecule has 2 aliphatic heterocycles. The van der Waals surface area contributed by atoms with Gasteiger partial charge in [0.25, 0.3) is 5.91 Å². The molecule has 138 valence electrons. The van der Waals surface area contributed by atoms with E-state index in [2.05, 4.69) is 23.6 Å². The first-order valence-corrected chi connectivity index (χ1v) is 10.2. The Labute approximate surface area is 162 Å². The molecule has 1 saturated heterocycles. The first-order valence-electron chi connectivity index (χ1n) is 9.01. The van der Waals surface area contributed by atoms with Crippen LogP contribution < -0.4 is 10.6 Å². The summed E-state index contributed by atoms with van der Waals surface area (Å²) in [6, 6.07) is 10.5. The van der Waals surface area contributed by atoms with Crippen LogP contribution in [0.3, 0.4) is 0 Å². The van der Waals surface area contributed by atoms with Crippen molar-refractivity contribution in [2.24, 2.45) is 0 Å². The molecule has 1 aromatic heterocycles. The zero-order valence-corrected chi connectivity index (χ0v) is 16.5. The Balaban J connectivity index is 1.64. The Bertz CT molecular complexity index is 820. The van der Waals surface area contributed by atoms with Crippen LogP contribution in [-0.2, 0) is 16.8 Å². The van der Waals surface area contributed by atoms with Crippen molar-refractivity contribution in [2.45, 2.75) is 43.9 Å². The van der Waals surface area contributed by atoms with Crippen LogP contribution >= 0.6 is 22.9 Å². The quantitative estimate of drug-likeness (QED) is 0.813. The molecule has 3 atom stereocenters. The van der Waals surface area contributed by atoms with Gasteiger partial charge in [0, 0.05) is 36.0 Å². The lowest BCUT2D eigenvalue weighted by Gasteiger charge is -2.46. The van der Waals surface area contributed by atoms with Crippen molar-refractivity contribution < 1.29 is 9.53 Å². The van der Waals surface area contributed by atoms with Crippen LogP contribution in [0.15, 0.2) is 30.3 Å². The van der Waals surface area contributed by atoms with Crippen molar-refractivity contribution in [1.29, 1.82) is 0 Å². The summed E-state index contributed by atoms with van der Waals surface area (Å²) >= 11 is 7.98. The second-order valence-corrected chi connectivity index (χ2v) is 8.91. The number of fused-ring (bicyclic) bond motifs is 2. The molecule has 26 heavy (non-hydrogen) atoms. The van der Waals surface area contributed by atoms with Gasteiger partial charge in [0.1, 0.15) is 5.60 Å². The number of ether oxygens (including phenoxy) is 1. The molecular formula is C20H23ClN2O2S. The fourth-order valence-electron chi connectivity index (χ4n) is 4.29. The standard InChI is InChI=1S/C20H23ClN2O2S/c1-12-10-20(18-15(7-8-25-20)9-17(21)26-18)11-16(23-12)13-3-5-14(6-4-13)19(24)22-2/h3-6,9,12,16,23H,7-8,10-11H2,1-2H3,(H,22,24).